The van der Waals surface area contributed by atoms with E-state index in [2.05, 4.69) is 23.2 Å². The Hall–Kier alpha value is -1.06. The minimum atomic E-state index is 0.789. The molecule has 2 rings (SSSR count). The summed E-state index contributed by atoms with van der Waals surface area (Å²) in [5.74, 6) is 1.83. The van der Waals surface area contributed by atoms with Gasteiger partial charge in [0.2, 0.25) is 0 Å². The van der Waals surface area contributed by atoms with E-state index in [1.807, 2.05) is 25.2 Å². The molecule has 0 saturated carbocycles. The molecule has 100 valence electrons. The molecule has 1 atom stereocenters. The van der Waals surface area contributed by atoms with Crippen molar-refractivity contribution in [3.63, 3.8) is 0 Å². The molecule has 0 aliphatic carbocycles. The first kappa shape index (κ1) is 13.4. The highest BCUT2D eigenvalue weighted by molar-refractivity contribution is 5.31. The highest BCUT2D eigenvalue weighted by atomic mass is 16.5. The number of hydrogen-bond acceptors (Lipinski definition) is 3. The number of likely N-dealkylation sites (tertiary alicyclic amines) is 1. The lowest BCUT2D eigenvalue weighted by Gasteiger charge is -2.17. The van der Waals surface area contributed by atoms with E-state index in [0.29, 0.717) is 0 Å². The predicted octanol–water partition coefficient (Wildman–Crippen LogP) is 1.92. The van der Waals surface area contributed by atoms with Crippen molar-refractivity contribution in [1.29, 1.82) is 0 Å². The molecule has 1 aliphatic rings. The van der Waals surface area contributed by atoms with Crippen LogP contribution in [-0.4, -0.2) is 44.7 Å². The van der Waals surface area contributed by atoms with Gasteiger partial charge >= 0.3 is 0 Å². The molecule has 1 aliphatic heterocycles. The Morgan fingerprint density at radius 3 is 3.00 bits per heavy atom. The fraction of sp³-hybridized carbons (Fsp3) is 0.600. The molecule has 0 aromatic heterocycles. The number of nitrogens with zero attached hydrogens (tertiary/aromatic N) is 1. The number of para-hydroxylation sites is 1. The molecule has 3 heteroatoms. The van der Waals surface area contributed by atoms with Crippen LogP contribution in [0.3, 0.4) is 0 Å². The molecule has 1 heterocycles. The van der Waals surface area contributed by atoms with E-state index in [1.54, 1.807) is 0 Å². The van der Waals surface area contributed by atoms with Crippen molar-refractivity contribution in [2.24, 2.45) is 5.92 Å². The average Bonchev–Trinajstić information content (AvgIpc) is 2.80. The third-order valence-electron chi connectivity index (χ3n) is 3.62. The minimum Gasteiger partial charge on any atom is -0.492 e. The molecule has 18 heavy (non-hydrogen) atoms. The second-order valence-corrected chi connectivity index (χ2v) is 5.13. The van der Waals surface area contributed by atoms with Crippen molar-refractivity contribution in [2.75, 3.05) is 39.8 Å². The van der Waals surface area contributed by atoms with Crippen LogP contribution in [0.5, 0.6) is 5.75 Å². The number of benzene rings is 1. The second kappa shape index (κ2) is 6.76. The van der Waals surface area contributed by atoms with Gasteiger partial charge in [-0.15, -0.1) is 0 Å². The quantitative estimate of drug-likeness (QED) is 0.832. The van der Waals surface area contributed by atoms with E-state index >= 15 is 0 Å². The smallest absolute Gasteiger partial charge is 0.122 e. The lowest BCUT2D eigenvalue weighted by molar-refractivity contribution is 0.231. The van der Waals surface area contributed by atoms with Gasteiger partial charge in [0.05, 0.1) is 0 Å². The van der Waals surface area contributed by atoms with E-state index in [0.717, 1.165) is 31.4 Å². The summed E-state index contributed by atoms with van der Waals surface area (Å²) < 4.78 is 5.84. The van der Waals surface area contributed by atoms with Crippen LogP contribution >= 0.6 is 0 Å². The lowest BCUT2D eigenvalue weighted by atomic mass is 10.1. The van der Waals surface area contributed by atoms with Crippen LogP contribution in [0.1, 0.15) is 12.0 Å². The standard InChI is InChI=1S/C15H24N2O/c1-13-5-3-4-6-15(13)18-10-9-17-8-7-14(12-17)11-16-2/h3-6,14,16H,7-12H2,1-2H3. The van der Waals surface area contributed by atoms with E-state index in [1.165, 1.54) is 25.1 Å². The molecule has 3 nitrogen and oxygen atoms in total. The van der Waals surface area contributed by atoms with Gasteiger partial charge in [-0.2, -0.15) is 0 Å². The monoisotopic (exact) mass is 248 g/mol. The first-order chi connectivity index (χ1) is 8.79. The van der Waals surface area contributed by atoms with E-state index in [-0.39, 0.29) is 0 Å². The highest BCUT2D eigenvalue weighted by Crippen LogP contribution is 2.17. The summed E-state index contributed by atoms with van der Waals surface area (Å²) in [5.41, 5.74) is 1.21. The Morgan fingerprint density at radius 2 is 2.22 bits per heavy atom. The molecule has 0 amide bonds. The number of hydrogen-bond donors (Lipinski definition) is 1. The number of rotatable bonds is 6. The van der Waals surface area contributed by atoms with Gasteiger partial charge in [-0.3, -0.25) is 4.90 Å². The van der Waals surface area contributed by atoms with Gasteiger partial charge in [-0.05, 0) is 51.0 Å². The molecular weight excluding hydrogens is 224 g/mol. The summed E-state index contributed by atoms with van der Waals surface area (Å²) in [6, 6.07) is 8.21. The summed E-state index contributed by atoms with van der Waals surface area (Å²) in [6.45, 7) is 7.47. The fourth-order valence-corrected chi connectivity index (χ4v) is 2.57. The Balaban J connectivity index is 1.69. The third-order valence-corrected chi connectivity index (χ3v) is 3.62. The Kier molecular flexibility index (Phi) is 5.02. The van der Waals surface area contributed by atoms with Gasteiger partial charge in [0.25, 0.3) is 0 Å². The average molecular weight is 248 g/mol. The molecule has 1 saturated heterocycles. The zero-order chi connectivity index (χ0) is 12.8. The van der Waals surface area contributed by atoms with E-state index in [9.17, 15) is 0 Å². The number of ether oxygens (including phenoxy) is 1. The lowest BCUT2D eigenvalue weighted by Crippen LogP contribution is -2.28. The normalized spacial score (nSPS) is 20.2. The molecule has 1 N–H and O–H groups in total. The fourth-order valence-electron chi connectivity index (χ4n) is 2.57. The SMILES string of the molecule is CNCC1CCN(CCOc2ccccc2C)C1. The van der Waals surface area contributed by atoms with Crippen LogP contribution in [0, 0.1) is 12.8 Å². The number of aryl methyl sites for hydroxylation is 1. The first-order valence-electron chi connectivity index (χ1n) is 6.85. The third kappa shape index (κ3) is 3.72. The maximum Gasteiger partial charge on any atom is 0.122 e. The van der Waals surface area contributed by atoms with Gasteiger partial charge in [-0.25, -0.2) is 0 Å². The van der Waals surface area contributed by atoms with Crippen molar-refractivity contribution in [3.05, 3.63) is 29.8 Å². The van der Waals surface area contributed by atoms with Crippen LogP contribution in [0.15, 0.2) is 24.3 Å². The second-order valence-electron chi connectivity index (χ2n) is 5.13. The molecule has 0 radical (unpaired) electrons. The van der Waals surface area contributed by atoms with Crippen molar-refractivity contribution in [1.82, 2.24) is 10.2 Å². The van der Waals surface area contributed by atoms with Crippen LogP contribution in [0.4, 0.5) is 0 Å². The van der Waals surface area contributed by atoms with E-state index < -0.39 is 0 Å². The zero-order valence-corrected chi connectivity index (χ0v) is 11.5. The summed E-state index contributed by atoms with van der Waals surface area (Å²) in [6.07, 6.45) is 1.31. The maximum absolute atomic E-state index is 5.84. The summed E-state index contributed by atoms with van der Waals surface area (Å²) >= 11 is 0. The van der Waals surface area contributed by atoms with Crippen molar-refractivity contribution in [2.45, 2.75) is 13.3 Å². The summed E-state index contributed by atoms with van der Waals surface area (Å²) in [5, 5.41) is 3.26. The molecular formula is C15H24N2O. The van der Waals surface area contributed by atoms with Gasteiger partial charge in [0.15, 0.2) is 0 Å². The van der Waals surface area contributed by atoms with Crippen LogP contribution in [0.2, 0.25) is 0 Å². The van der Waals surface area contributed by atoms with Crippen molar-refractivity contribution >= 4 is 0 Å². The largest absolute Gasteiger partial charge is 0.492 e. The summed E-state index contributed by atoms with van der Waals surface area (Å²) in [4.78, 5) is 2.50. The Morgan fingerprint density at radius 1 is 1.39 bits per heavy atom. The Bertz CT molecular complexity index is 367. The first-order valence-corrected chi connectivity index (χ1v) is 6.85. The Labute approximate surface area is 110 Å². The molecule has 0 spiro atoms. The van der Waals surface area contributed by atoms with Crippen molar-refractivity contribution < 1.29 is 4.74 Å². The van der Waals surface area contributed by atoms with Gasteiger partial charge in [0.1, 0.15) is 12.4 Å². The molecule has 1 aromatic carbocycles. The molecule has 1 aromatic rings. The van der Waals surface area contributed by atoms with Gasteiger partial charge < -0.3 is 10.1 Å². The topological polar surface area (TPSA) is 24.5 Å². The number of nitrogens with one attached hydrogen (secondary N) is 1. The van der Waals surface area contributed by atoms with Crippen LogP contribution < -0.4 is 10.1 Å². The van der Waals surface area contributed by atoms with Gasteiger partial charge in [-0.1, -0.05) is 18.2 Å². The van der Waals surface area contributed by atoms with E-state index in [4.69, 9.17) is 4.74 Å². The predicted molar refractivity (Wildman–Crippen MR) is 75.1 cm³/mol. The van der Waals surface area contributed by atoms with Crippen LogP contribution in [-0.2, 0) is 0 Å². The highest BCUT2D eigenvalue weighted by Gasteiger charge is 2.21. The molecule has 1 fully saturated rings. The van der Waals surface area contributed by atoms with Crippen molar-refractivity contribution in [3.8, 4) is 5.75 Å². The molecule has 0 bridgehead atoms. The maximum atomic E-state index is 5.84. The zero-order valence-electron chi connectivity index (χ0n) is 11.5. The van der Waals surface area contributed by atoms with Crippen LogP contribution in [0.25, 0.3) is 0 Å². The van der Waals surface area contributed by atoms with Gasteiger partial charge in [0, 0.05) is 13.1 Å². The molecule has 1 unspecified atom stereocenters. The summed E-state index contributed by atoms with van der Waals surface area (Å²) in [7, 11) is 2.03. The minimum absolute atomic E-state index is 0.789.